The van der Waals surface area contributed by atoms with Crippen LogP contribution in [0.4, 0.5) is 22.0 Å². The smallest absolute Gasteiger partial charge is 0.475 e. The summed E-state index contributed by atoms with van der Waals surface area (Å²) >= 11 is 0. The van der Waals surface area contributed by atoms with Gasteiger partial charge >= 0.3 is 12.1 Å². The fourth-order valence-corrected chi connectivity index (χ4v) is 3.28. The Balaban J connectivity index is 0.000000572. The molecule has 2 aromatic carbocycles. The molecule has 3 rings (SSSR count). The summed E-state index contributed by atoms with van der Waals surface area (Å²) in [6.45, 7) is 5.27. The van der Waals surface area contributed by atoms with Crippen LogP contribution in [0.2, 0.25) is 0 Å². The Morgan fingerprint density at radius 3 is 2.11 bits per heavy atom. The van der Waals surface area contributed by atoms with Crippen molar-refractivity contribution in [2.24, 2.45) is 0 Å². The molecule has 1 heterocycles. The Morgan fingerprint density at radius 2 is 1.58 bits per heavy atom. The molecular weight excluding hydrogens is 489 g/mol. The SMILES string of the molecule is Cc1ccc(CN(CCC(=O)N2CCNCC2)C(=O)c2ccc(F)c(F)c2)cc1.O=C(O)C(F)(F)F. The first kappa shape index (κ1) is 28.7. The second kappa shape index (κ2) is 13.0. The average Bonchev–Trinajstić information content (AvgIpc) is 2.84. The highest BCUT2D eigenvalue weighted by molar-refractivity contribution is 5.94. The summed E-state index contributed by atoms with van der Waals surface area (Å²) in [7, 11) is 0. The van der Waals surface area contributed by atoms with Crippen molar-refractivity contribution in [3.05, 3.63) is 70.8 Å². The van der Waals surface area contributed by atoms with Gasteiger partial charge in [-0.3, -0.25) is 9.59 Å². The topological polar surface area (TPSA) is 90.0 Å². The van der Waals surface area contributed by atoms with Crippen molar-refractivity contribution in [3.8, 4) is 0 Å². The fourth-order valence-electron chi connectivity index (χ4n) is 3.28. The van der Waals surface area contributed by atoms with Gasteiger partial charge in [-0.1, -0.05) is 29.8 Å². The van der Waals surface area contributed by atoms with Crippen molar-refractivity contribution in [3.63, 3.8) is 0 Å². The van der Waals surface area contributed by atoms with E-state index in [1.807, 2.05) is 31.2 Å². The molecule has 0 unspecified atom stereocenters. The molecule has 1 aliphatic rings. The van der Waals surface area contributed by atoms with Crippen LogP contribution >= 0.6 is 0 Å². The number of hydrogen-bond donors (Lipinski definition) is 2. The van der Waals surface area contributed by atoms with Gasteiger partial charge in [0.25, 0.3) is 5.91 Å². The number of piperazine rings is 1. The predicted molar refractivity (Wildman–Crippen MR) is 120 cm³/mol. The first-order valence-electron chi connectivity index (χ1n) is 11.0. The van der Waals surface area contributed by atoms with Gasteiger partial charge in [-0.15, -0.1) is 0 Å². The molecule has 12 heteroatoms. The second-order valence-corrected chi connectivity index (χ2v) is 8.02. The van der Waals surface area contributed by atoms with Crippen LogP contribution in [0.15, 0.2) is 42.5 Å². The maximum Gasteiger partial charge on any atom is 0.490 e. The van der Waals surface area contributed by atoms with Crippen molar-refractivity contribution in [2.75, 3.05) is 32.7 Å². The van der Waals surface area contributed by atoms with Crippen molar-refractivity contribution < 1.29 is 41.4 Å². The number of carbonyl (C=O) groups is 3. The number of nitrogens with one attached hydrogen (secondary N) is 1. The van der Waals surface area contributed by atoms with E-state index in [0.717, 1.165) is 36.3 Å². The molecule has 1 saturated heterocycles. The van der Waals surface area contributed by atoms with E-state index < -0.39 is 29.7 Å². The van der Waals surface area contributed by atoms with Gasteiger partial charge in [-0.05, 0) is 30.7 Å². The number of aryl methyl sites for hydroxylation is 1. The maximum atomic E-state index is 13.6. The summed E-state index contributed by atoms with van der Waals surface area (Å²) in [5.74, 6) is -5.27. The minimum atomic E-state index is -5.08. The number of benzene rings is 2. The molecular formula is C24H26F5N3O4. The molecule has 0 bridgehead atoms. The van der Waals surface area contributed by atoms with Crippen LogP contribution in [0.3, 0.4) is 0 Å². The molecule has 2 amide bonds. The highest BCUT2D eigenvalue weighted by Gasteiger charge is 2.38. The molecule has 1 aliphatic heterocycles. The lowest BCUT2D eigenvalue weighted by atomic mass is 10.1. The van der Waals surface area contributed by atoms with Crippen LogP contribution in [-0.4, -0.2) is 71.6 Å². The summed E-state index contributed by atoms with van der Waals surface area (Å²) in [4.78, 5) is 37.7. The predicted octanol–water partition coefficient (Wildman–Crippen LogP) is 3.37. The number of carbonyl (C=O) groups excluding carboxylic acids is 2. The number of aliphatic carboxylic acids is 1. The summed E-state index contributed by atoms with van der Waals surface area (Å²) in [5, 5.41) is 10.3. The molecule has 0 spiro atoms. The third-order valence-electron chi connectivity index (χ3n) is 5.26. The first-order chi connectivity index (χ1) is 16.9. The van der Waals surface area contributed by atoms with E-state index in [9.17, 15) is 31.5 Å². The summed E-state index contributed by atoms with van der Waals surface area (Å²) in [6.07, 6.45) is -4.90. The summed E-state index contributed by atoms with van der Waals surface area (Å²) in [6, 6.07) is 10.8. The molecule has 0 aromatic heterocycles. The molecule has 36 heavy (non-hydrogen) atoms. The van der Waals surface area contributed by atoms with E-state index in [-0.39, 0.29) is 31.0 Å². The zero-order valence-corrected chi connectivity index (χ0v) is 19.4. The van der Waals surface area contributed by atoms with Gasteiger partial charge in [0.15, 0.2) is 11.6 Å². The Morgan fingerprint density at radius 1 is 1.00 bits per heavy atom. The minimum Gasteiger partial charge on any atom is -0.475 e. The number of alkyl halides is 3. The van der Waals surface area contributed by atoms with Crippen LogP contribution in [0, 0.1) is 18.6 Å². The number of amides is 2. The minimum absolute atomic E-state index is 0.0153. The molecule has 0 atom stereocenters. The Kier molecular flexibility index (Phi) is 10.3. The Hall–Kier alpha value is -3.54. The largest absolute Gasteiger partial charge is 0.490 e. The van der Waals surface area contributed by atoms with Crippen LogP contribution in [0.5, 0.6) is 0 Å². The zero-order chi connectivity index (χ0) is 26.9. The van der Waals surface area contributed by atoms with Crippen molar-refractivity contribution in [2.45, 2.75) is 26.1 Å². The van der Waals surface area contributed by atoms with Gasteiger partial charge in [-0.25, -0.2) is 13.6 Å². The van der Waals surface area contributed by atoms with Gasteiger partial charge in [0.1, 0.15) is 0 Å². The van der Waals surface area contributed by atoms with E-state index >= 15 is 0 Å². The van der Waals surface area contributed by atoms with Gasteiger partial charge in [-0.2, -0.15) is 13.2 Å². The number of carboxylic acids is 1. The monoisotopic (exact) mass is 515 g/mol. The van der Waals surface area contributed by atoms with Gasteiger partial charge in [0.05, 0.1) is 0 Å². The lowest BCUT2D eigenvalue weighted by Crippen LogP contribution is -2.47. The molecule has 7 nitrogen and oxygen atoms in total. The van der Waals surface area contributed by atoms with Crippen molar-refractivity contribution in [1.82, 2.24) is 15.1 Å². The standard InChI is InChI=1S/C22H25F2N3O2.C2HF3O2/c1-16-2-4-17(5-3-16)15-27(11-8-21(28)26-12-9-25-10-13-26)22(29)18-6-7-19(23)20(24)14-18;3-2(4,5)1(6)7/h2-7,14,25H,8-13,15H2,1H3;(H,6,7). The Bertz CT molecular complexity index is 1050. The highest BCUT2D eigenvalue weighted by atomic mass is 19.4. The third kappa shape index (κ3) is 8.91. The van der Waals surface area contributed by atoms with E-state index in [2.05, 4.69) is 5.32 Å². The average molecular weight is 515 g/mol. The van der Waals surface area contributed by atoms with Crippen LogP contribution < -0.4 is 5.32 Å². The van der Waals surface area contributed by atoms with Crippen LogP contribution in [0.25, 0.3) is 0 Å². The quantitative estimate of drug-likeness (QED) is 0.576. The Labute approximate surface area is 204 Å². The van der Waals surface area contributed by atoms with E-state index in [1.165, 1.54) is 11.0 Å². The molecule has 196 valence electrons. The van der Waals surface area contributed by atoms with Gasteiger partial charge in [0.2, 0.25) is 5.91 Å². The zero-order valence-electron chi connectivity index (χ0n) is 19.4. The molecule has 0 aliphatic carbocycles. The number of carboxylic acid groups (broad SMARTS) is 1. The second-order valence-electron chi connectivity index (χ2n) is 8.02. The highest BCUT2D eigenvalue weighted by Crippen LogP contribution is 2.15. The normalized spacial score (nSPS) is 13.4. The van der Waals surface area contributed by atoms with E-state index in [1.54, 1.807) is 4.90 Å². The first-order valence-corrected chi connectivity index (χ1v) is 11.0. The molecule has 1 fully saturated rings. The van der Waals surface area contributed by atoms with Crippen molar-refractivity contribution in [1.29, 1.82) is 0 Å². The van der Waals surface area contributed by atoms with E-state index in [4.69, 9.17) is 9.90 Å². The third-order valence-corrected chi connectivity index (χ3v) is 5.26. The lowest BCUT2D eigenvalue weighted by Gasteiger charge is -2.29. The number of hydrogen-bond acceptors (Lipinski definition) is 4. The maximum absolute atomic E-state index is 13.6. The van der Waals surface area contributed by atoms with Crippen molar-refractivity contribution >= 4 is 17.8 Å². The fraction of sp³-hybridized carbons (Fsp3) is 0.375. The summed E-state index contributed by atoms with van der Waals surface area (Å²) < 4.78 is 58.6. The number of nitrogens with zero attached hydrogens (tertiary/aromatic N) is 2. The van der Waals surface area contributed by atoms with Gasteiger partial charge < -0.3 is 20.2 Å². The molecule has 2 N–H and O–H groups in total. The lowest BCUT2D eigenvalue weighted by molar-refractivity contribution is -0.192. The van der Waals surface area contributed by atoms with Gasteiger partial charge in [0, 0.05) is 51.3 Å². The molecule has 0 saturated carbocycles. The number of rotatable bonds is 6. The molecule has 2 aromatic rings. The van der Waals surface area contributed by atoms with E-state index in [0.29, 0.717) is 13.1 Å². The van der Waals surface area contributed by atoms with Crippen LogP contribution in [0.1, 0.15) is 27.9 Å². The van der Waals surface area contributed by atoms with Crippen LogP contribution in [-0.2, 0) is 16.1 Å². The number of halogens is 5. The summed E-state index contributed by atoms with van der Waals surface area (Å²) in [5.41, 5.74) is 2.06. The molecule has 0 radical (unpaired) electrons.